The van der Waals surface area contributed by atoms with Crippen LogP contribution in [0.3, 0.4) is 0 Å². The molecule has 9 aromatic rings. The van der Waals surface area contributed by atoms with E-state index in [0.717, 1.165) is 92.1 Å². The van der Waals surface area contributed by atoms with Crippen LogP contribution in [-0.4, -0.2) is 111 Å². The van der Waals surface area contributed by atoms with Crippen molar-refractivity contribution in [2.75, 3.05) is 56.0 Å². The second-order valence-corrected chi connectivity index (χ2v) is 32.1. The number of anilines is 4. The number of sulfonamides is 3. The Morgan fingerprint density at radius 2 is 0.765 bits per heavy atom. The number of phenolic OH excluding ortho intramolecular Hbond substituents is 3. The van der Waals surface area contributed by atoms with Crippen molar-refractivity contribution < 1.29 is 75.0 Å². The van der Waals surface area contributed by atoms with Crippen LogP contribution in [0.1, 0.15) is 95.0 Å². The highest BCUT2D eigenvalue weighted by molar-refractivity contribution is 8.00. The van der Waals surface area contributed by atoms with Gasteiger partial charge in [0.1, 0.15) is 23.0 Å². The van der Waals surface area contributed by atoms with Crippen LogP contribution in [-0.2, 0) is 44.5 Å². The average Bonchev–Trinajstić information content (AvgIpc) is 1.17. The molecule has 0 amide bonds. The Morgan fingerprint density at radius 1 is 0.429 bits per heavy atom. The lowest BCUT2D eigenvalue weighted by atomic mass is 9.92. The lowest BCUT2D eigenvalue weighted by Crippen LogP contribution is -2.23. The molecule has 1 heterocycles. The maximum atomic E-state index is 13.2. The molecule has 0 radical (unpaired) electrons. The molecule has 0 spiro atoms. The molecule has 9 aromatic carbocycles. The van der Waals surface area contributed by atoms with Crippen molar-refractivity contribution in [3.63, 3.8) is 0 Å². The first-order valence-corrected chi connectivity index (χ1v) is 39.5. The molecule has 3 aliphatic rings. The number of nitrogens with zero attached hydrogens (tertiary/aromatic N) is 1. The number of ether oxygens (including phenoxy) is 1. The van der Waals surface area contributed by atoms with Gasteiger partial charge in [0.15, 0.2) is 0 Å². The smallest absolute Gasteiger partial charge is 0.313 e. The first-order chi connectivity index (χ1) is 47.0. The zero-order chi connectivity index (χ0) is 69.6. The van der Waals surface area contributed by atoms with Gasteiger partial charge in [-0.25, -0.2) is 25.3 Å². The first kappa shape index (κ1) is 72.2. The molecular weight excluding hydrogens is 1370 g/mol. The predicted molar refractivity (Wildman–Crippen MR) is 388 cm³/mol. The van der Waals surface area contributed by atoms with Crippen molar-refractivity contribution in [3.05, 3.63) is 169 Å². The van der Waals surface area contributed by atoms with E-state index in [1.165, 1.54) is 87.3 Å². The van der Waals surface area contributed by atoms with E-state index in [-0.39, 0.29) is 65.5 Å². The van der Waals surface area contributed by atoms with Crippen molar-refractivity contribution in [1.82, 2.24) is 0 Å². The summed E-state index contributed by atoms with van der Waals surface area (Å²) in [6.45, 7) is 2.56. The number of fused-ring (bicyclic) bond motifs is 3. The number of carboxylic acid groups (broad SMARTS) is 3. The number of hydrogen-bond donors (Lipinski definition) is 9. The molecule has 1 saturated heterocycles. The number of phenols is 3. The van der Waals surface area contributed by atoms with Gasteiger partial charge in [-0.1, -0.05) is 136 Å². The summed E-state index contributed by atoms with van der Waals surface area (Å²) in [4.78, 5) is 36.5. The maximum absolute atomic E-state index is 13.2. The molecule has 516 valence electrons. The first-order valence-electron chi connectivity index (χ1n) is 32.1. The molecule has 0 aromatic heterocycles. The number of thioether (sulfide) groups is 3. The monoisotopic (exact) mass is 1440 g/mol. The minimum Gasteiger partial charge on any atom is -0.506 e. The minimum atomic E-state index is -3.92. The Morgan fingerprint density at radius 3 is 1.12 bits per heavy atom. The van der Waals surface area contributed by atoms with Crippen molar-refractivity contribution in [1.29, 1.82) is 0 Å². The van der Waals surface area contributed by atoms with Crippen LogP contribution in [0.5, 0.6) is 23.0 Å². The summed E-state index contributed by atoms with van der Waals surface area (Å²) < 4.78 is 92.2. The van der Waals surface area contributed by atoms with Crippen LogP contribution in [0.2, 0.25) is 0 Å². The van der Waals surface area contributed by atoms with Gasteiger partial charge in [-0.15, -0.1) is 35.3 Å². The second kappa shape index (κ2) is 32.9. The minimum absolute atomic E-state index is 0.0625. The molecule has 2 saturated carbocycles. The highest BCUT2D eigenvalue weighted by Crippen LogP contribution is 2.44. The Hall–Kier alpha value is -8.53. The lowest BCUT2D eigenvalue weighted by Gasteiger charge is -2.22. The van der Waals surface area contributed by atoms with Crippen LogP contribution < -0.4 is 23.8 Å². The van der Waals surface area contributed by atoms with Gasteiger partial charge in [0, 0.05) is 51.1 Å². The fourth-order valence-corrected chi connectivity index (χ4v) is 17.2. The topological polar surface area (TPSA) is 324 Å². The van der Waals surface area contributed by atoms with E-state index in [1.54, 1.807) is 109 Å². The van der Waals surface area contributed by atoms with E-state index in [2.05, 4.69) is 19.1 Å². The van der Waals surface area contributed by atoms with Gasteiger partial charge in [-0.05, 0) is 128 Å². The molecule has 12 rings (SSSR count). The Kier molecular flexibility index (Phi) is 24.2. The van der Waals surface area contributed by atoms with Gasteiger partial charge < -0.3 is 40.3 Å². The number of nitrogens with one attached hydrogen (secondary N) is 3. The summed E-state index contributed by atoms with van der Waals surface area (Å²) in [5, 5.41) is 61.6. The number of aliphatic carboxylic acids is 3. The summed E-state index contributed by atoms with van der Waals surface area (Å²) in [5.74, 6) is -2.21. The van der Waals surface area contributed by atoms with E-state index >= 15 is 0 Å². The molecule has 9 N–H and O–H groups in total. The van der Waals surface area contributed by atoms with E-state index < -0.39 is 48.0 Å². The van der Waals surface area contributed by atoms with Gasteiger partial charge in [0.05, 0.1) is 70.3 Å². The Labute approximate surface area is 582 Å². The van der Waals surface area contributed by atoms with Crippen LogP contribution >= 0.6 is 35.3 Å². The van der Waals surface area contributed by atoms with Gasteiger partial charge in [-0.2, -0.15) is 0 Å². The van der Waals surface area contributed by atoms with Crippen molar-refractivity contribution in [2.45, 2.75) is 119 Å². The number of carbonyl (C=O) groups is 3. The van der Waals surface area contributed by atoms with Crippen molar-refractivity contribution in [2.24, 2.45) is 5.92 Å². The van der Waals surface area contributed by atoms with Crippen LogP contribution in [0.25, 0.3) is 32.3 Å². The van der Waals surface area contributed by atoms with Crippen LogP contribution in [0.15, 0.2) is 193 Å². The third kappa shape index (κ3) is 19.0. The van der Waals surface area contributed by atoms with Gasteiger partial charge in [-0.3, -0.25) is 28.5 Å². The fourth-order valence-electron chi connectivity index (χ4n) is 11.8. The summed E-state index contributed by atoms with van der Waals surface area (Å²) in [6.07, 6.45) is 15.5. The lowest BCUT2D eigenvalue weighted by molar-refractivity contribution is -0.134. The number of carboxylic acids is 3. The molecule has 98 heavy (non-hydrogen) atoms. The summed E-state index contributed by atoms with van der Waals surface area (Å²) in [7, 11) is -11.7. The molecule has 3 fully saturated rings. The summed E-state index contributed by atoms with van der Waals surface area (Å²) in [6, 6.07) is 45.2. The van der Waals surface area contributed by atoms with Gasteiger partial charge >= 0.3 is 17.9 Å². The zero-order valence-corrected chi connectivity index (χ0v) is 58.2. The van der Waals surface area contributed by atoms with Crippen LogP contribution in [0.4, 0.5) is 22.7 Å². The van der Waals surface area contributed by atoms with Gasteiger partial charge in [0.25, 0.3) is 30.1 Å². The highest BCUT2D eigenvalue weighted by atomic mass is 32.2. The molecule has 0 atom stereocenters. The van der Waals surface area contributed by atoms with E-state index in [0.29, 0.717) is 66.1 Å². The van der Waals surface area contributed by atoms with Crippen molar-refractivity contribution in [3.8, 4) is 23.0 Å². The average molecular weight is 1450 g/mol. The Balaban J connectivity index is 0.000000159. The van der Waals surface area contributed by atoms with E-state index in [4.69, 9.17) is 20.1 Å². The van der Waals surface area contributed by atoms with E-state index in [1.807, 2.05) is 24.3 Å². The predicted octanol–water partition coefficient (Wildman–Crippen LogP) is 15.6. The third-order valence-electron chi connectivity index (χ3n) is 17.0. The van der Waals surface area contributed by atoms with Gasteiger partial charge in [0.2, 0.25) is 0 Å². The SMILES string of the molecule is O=C(O)CSc1cc(NS(=O)(=O)c2ccc(C3CCCCCC3)cc2)c2ccccc2c1O.O=C(O)CSc1cc(NS(=O)(=O)c2ccc(N3CCCCCC3)cc2)c2ccccc2c1O.O=C(O)CSc1cc(NS(=O)(=O)c2ccc(OCCC3CC3)cc2)c2ccccc2c1O. The Bertz CT molecular complexity index is 4480. The fraction of sp³-hybridized carbons (Fsp3) is 0.292. The van der Waals surface area contributed by atoms with Crippen molar-refractivity contribution >= 4 is 138 Å². The molecular formula is C72H76N4O16S6. The normalized spacial score (nSPS) is 14.6. The molecule has 1 aliphatic heterocycles. The van der Waals surface area contributed by atoms with Crippen LogP contribution in [0, 0.1) is 5.92 Å². The second-order valence-electron chi connectivity index (χ2n) is 24.0. The number of aromatic hydroxyl groups is 3. The highest BCUT2D eigenvalue weighted by Gasteiger charge is 2.25. The number of rotatable bonds is 24. The summed E-state index contributed by atoms with van der Waals surface area (Å²) in [5.41, 5.74) is 3.03. The quantitative estimate of drug-likeness (QED) is 0.0154. The number of hydrogen-bond acceptors (Lipinski definition) is 17. The molecule has 0 unspecified atom stereocenters. The molecule has 26 heteroatoms. The third-order valence-corrected chi connectivity index (χ3v) is 24.2. The summed E-state index contributed by atoms with van der Waals surface area (Å²) >= 11 is 2.80. The molecule has 20 nitrogen and oxygen atoms in total. The molecule has 0 bridgehead atoms. The standard InChI is InChI=1S/C25H27NO5S2.C24H26N2O5S2.C23H23NO6S2/c27-24(28)16-32-23-15-22(20-9-5-6-10-21(20)25(23)29)26-33(30,31)19-13-11-18(12-14-19)17-7-3-1-2-4-8-17;27-23(28)16-32-22-15-21(19-7-3-4-8-20(19)24(22)29)25-33(30,31)18-11-9-17(10-12-18)26-13-5-1-2-6-14-26;25-22(26)14-31-21-13-20(18-3-1-2-4-19(18)23(21)27)24-32(28,29)17-9-7-16(8-10-17)30-12-11-15-5-6-15/h5-6,9-15,17,26,29H,1-4,7-8,16H2,(H,27,28);3-4,7-12,15,25,29H,1-2,5-6,13-14,16H2,(H,27,28);1-4,7-10,13,15,24,27H,5-6,11-12,14H2,(H,25,26). The largest absolute Gasteiger partial charge is 0.506 e. The van der Waals surface area contributed by atoms with E-state index in [9.17, 15) is 55.0 Å². The zero-order valence-electron chi connectivity index (χ0n) is 53.3. The number of benzene rings is 9. The molecule has 2 aliphatic carbocycles. The maximum Gasteiger partial charge on any atom is 0.313 e.